The van der Waals surface area contributed by atoms with Gasteiger partial charge >= 0.3 is 0 Å². The number of benzene rings is 1. The molecule has 1 aromatic heterocycles. The maximum absolute atomic E-state index is 14.8. The smallest absolute Gasteiger partial charge is 0.282 e. The molecular formula is C24H29ClF3N5O2. The summed E-state index contributed by atoms with van der Waals surface area (Å²) in [5.74, 6) is -4.34. The van der Waals surface area contributed by atoms with Crippen LogP contribution >= 0.6 is 11.6 Å². The summed E-state index contributed by atoms with van der Waals surface area (Å²) >= 11 is 5.92. The van der Waals surface area contributed by atoms with Crippen molar-refractivity contribution in [2.24, 2.45) is 5.41 Å². The van der Waals surface area contributed by atoms with Crippen molar-refractivity contribution in [2.75, 3.05) is 26.7 Å². The molecule has 1 saturated heterocycles. The molecule has 1 N–H and O–H groups in total. The summed E-state index contributed by atoms with van der Waals surface area (Å²) in [6, 6.07) is 3.23. The largest absolute Gasteiger partial charge is 0.338 e. The number of nitrogens with zero attached hydrogens (tertiary/aromatic N) is 4. The Balaban J connectivity index is 1.70. The lowest BCUT2D eigenvalue weighted by molar-refractivity contribution is -0.169. The van der Waals surface area contributed by atoms with E-state index >= 15 is 0 Å². The first-order valence-electron chi connectivity index (χ1n) is 11.5. The van der Waals surface area contributed by atoms with E-state index in [1.54, 1.807) is 26.8 Å². The van der Waals surface area contributed by atoms with Crippen molar-refractivity contribution >= 4 is 23.4 Å². The zero-order valence-corrected chi connectivity index (χ0v) is 20.9. The molecule has 3 heterocycles. The molecule has 190 valence electrons. The number of hydrogen-bond acceptors (Lipinski definition) is 4. The van der Waals surface area contributed by atoms with E-state index in [-0.39, 0.29) is 16.3 Å². The fourth-order valence-corrected chi connectivity index (χ4v) is 4.64. The van der Waals surface area contributed by atoms with Crippen LogP contribution < -0.4 is 5.32 Å². The molecule has 11 heteroatoms. The minimum absolute atomic E-state index is 0.0825. The Morgan fingerprint density at radius 3 is 2.49 bits per heavy atom. The van der Waals surface area contributed by atoms with Gasteiger partial charge in [0.25, 0.3) is 11.8 Å². The number of amides is 2. The molecule has 2 aromatic rings. The topological polar surface area (TPSA) is 70.5 Å². The van der Waals surface area contributed by atoms with Gasteiger partial charge in [0, 0.05) is 18.1 Å². The fourth-order valence-electron chi connectivity index (χ4n) is 4.48. The van der Waals surface area contributed by atoms with Crippen molar-refractivity contribution in [3.63, 3.8) is 0 Å². The number of hydrogen-bond donors (Lipinski definition) is 1. The molecule has 0 saturated carbocycles. The second-order valence-electron chi connectivity index (χ2n) is 10.4. The highest BCUT2D eigenvalue weighted by atomic mass is 35.5. The number of carbonyl (C=O) groups is 2. The number of fused-ring (bicyclic) bond motifs is 1. The van der Waals surface area contributed by atoms with Crippen LogP contribution in [-0.4, -0.2) is 69.8 Å². The van der Waals surface area contributed by atoms with Gasteiger partial charge in [-0.25, -0.2) is 18.2 Å². The average molecular weight is 512 g/mol. The first-order chi connectivity index (χ1) is 16.3. The molecule has 4 rings (SSSR count). The van der Waals surface area contributed by atoms with Gasteiger partial charge in [-0.2, -0.15) is 0 Å². The third kappa shape index (κ3) is 5.18. The second-order valence-corrected chi connectivity index (χ2v) is 10.9. The molecule has 2 aliphatic rings. The van der Waals surface area contributed by atoms with E-state index in [1.165, 1.54) is 12.1 Å². The minimum atomic E-state index is -2.91. The average Bonchev–Trinajstić information content (AvgIpc) is 2.94. The molecule has 1 fully saturated rings. The van der Waals surface area contributed by atoms with Crippen molar-refractivity contribution < 1.29 is 22.8 Å². The van der Waals surface area contributed by atoms with Gasteiger partial charge in [0.2, 0.25) is 5.91 Å². The summed E-state index contributed by atoms with van der Waals surface area (Å²) in [4.78, 5) is 34.1. The summed E-state index contributed by atoms with van der Waals surface area (Å²) in [7, 11) is 1.92. The van der Waals surface area contributed by atoms with Gasteiger partial charge in [0.1, 0.15) is 17.7 Å². The third-order valence-corrected chi connectivity index (χ3v) is 6.58. The molecule has 1 aromatic carbocycles. The predicted octanol–water partition coefficient (Wildman–Crippen LogP) is 3.80. The Morgan fingerprint density at radius 1 is 1.20 bits per heavy atom. The van der Waals surface area contributed by atoms with Crippen LogP contribution in [0.25, 0.3) is 11.4 Å². The molecule has 7 nitrogen and oxygen atoms in total. The summed E-state index contributed by atoms with van der Waals surface area (Å²) in [6.45, 7) is 5.63. The number of halogens is 4. The molecule has 2 amide bonds. The zero-order valence-electron chi connectivity index (χ0n) is 20.2. The van der Waals surface area contributed by atoms with Crippen LogP contribution in [0.4, 0.5) is 13.2 Å². The number of likely N-dealkylation sites (tertiary alicyclic amines) is 1. The van der Waals surface area contributed by atoms with Crippen LogP contribution in [0.1, 0.15) is 43.4 Å². The number of alkyl halides is 2. The first-order valence-corrected chi connectivity index (χ1v) is 11.9. The number of aromatic nitrogens is 2. The minimum Gasteiger partial charge on any atom is -0.338 e. The van der Waals surface area contributed by atoms with E-state index in [2.05, 4.69) is 10.3 Å². The van der Waals surface area contributed by atoms with Crippen LogP contribution in [-0.2, 0) is 17.9 Å². The summed E-state index contributed by atoms with van der Waals surface area (Å²) in [5.41, 5.74) is 0.156. The molecule has 0 radical (unpaired) electrons. The Hall–Kier alpha value is -2.59. The third-order valence-electron chi connectivity index (χ3n) is 6.35. The van der Waals surface area contributed by atoms with Crippen LogP contribution in [0, 0.1) is 11.2 Å². The highest BCUT2D eigenvalue weighted by Gasteiger charge is 2.49. The molecule has 0 aliphatic carbocycles. The monoisotopic (exact) mass is 511 g/mol. The van der Waals surface area contributed by atoms with E-state index in [0.29, 0.717) is 24.6 Å². The van der Waals surface area contributed by atoms with Crippen LogP contribution in [0.5, 0.6) is 0 Å². The normalized spacial score (nSPS) is 18.9. The Kier molecular flexibility index (Phi) is 6.65. The van der Waals surface area contributed by atoms with Crippen LogP contribution in [0.15, 0.2) is 18.2 Å². The SMILES string of the molecule is CN1CCCn2c(-c3ccc(Cl)cc3F)nc(C(=O)N[C@H](C(=O)N3CC(F)(F)C3)C(C)(C)C)c2C1. The molecule has 0 spiro atoms. The van der Waals surface area contributed by atoms with Crippen LogP contribution in [0.2, 0.25) is 5.02 Å². The summed E-state index contributed by atoms with van der Waals surface area (Å²) in [6.07, 6.45) is 0.773. The van der Waals surface area contributed by atoms with E-state index in [4.69, 9.17) is 11.6 Å². The molecule has 1 atom stereocenters. The van der Waals surface area contributed by atoms with Gasteiger partial charge in [0.15, 0.2) is 5.69 Å². The van der Waals surface area contributed by atoms with Gasteiger partial charge in [-0.3, -0.25) is 9.59 Å². The standard InChI is InChI=1S/C24H29ClF3N5O2/c1-23(2,3)19(22(35)32-12-24(27,28)13-32)30-21(34)18-17-11-31(4)8-5-9-33(17)20(29-18)15-7-6-14(25)10-16(15)26/h6-7,10,19H,5,8-9,11-13H2,1-4H3,(H,30,34)/t19-/m1/s1. The van der Waals surface area contributed by atoms with Gasteiger partial charge in [-0.1, -0.05) is 32.4 Å². The molecular weight excluding hydrogens is 483 g/mol. The predicted molar refractivity (Wildman–Crippen MR) is 126 cm³/mol. The number of rotatable bonds is 4. The first kappa shape index (κ1) is 25.5. The van der Waals surface area contributed by atoms with Crippen molar-refractivity contribution in [1.29, 1.82) is 0 Å². The summed E-state index contributed by atoms with van der Waals surface area (Å²) < 4.78 is 43.4. The highest BCUT2D eigenvalue weighted by molar-refractivity contribution is 6.30. The van der Waals surface area contributed by atoms with E-state index in [0.717, 1.165) is 17.9 Å². The number of nitrogens with one attached hydrogen (secondary N) is 1. The maximum Gasteiger partial charge on any atom is 0.282 e. The zero-order chi connectivity index (χ0) is 25.7. The lowest BCUT2D eigenvalue weighted by Gasteiger charge is -2.43. The second kappa shape index (κ2) is 9.13. The Morgan fingerprint density at radius 2 is 1.89 bits per heavy atom. The van der Waals surface area contributed by atoms with E-state index in [1.807, 2.05) is 16.5 Å². The maximum atomic E-state index is 14.8. The van der Waals surface area contributed by atoms with Gasteiger partial charge < -0.3 is 19.7 Å². The van der Waals surface area contributed by atoms with Crippen molar-refractivity contribution in [3.8, 4) is 11.4 Å². The molecule has 0 bridgehead atoms. The van der Waals surface area contributed by atoms with Gasteiger partial charge in [-0.05, 0) is 43.6 Å². The Bertz CT molecular complexity index is 1150. The fraction of sp³-hybridized carbons (Fsp3) is 0.542. The van der Waals surface area contributed by atoms with Gasteiger partial charge in [-0.15, -0.1) is 0 Å². The number of carbonyl (C=O) groups excluding carboxylic acids is 2. The molecule has 2 aliphatic heterocycles. The van der Waals surface area contributed by atoms with Gasteiger partial charge in [0.05, 0.1) is 24.3 Å². The van der Waals surface area contributed by atoms with E-state index < -0.39 is 48.1 Å². The lowest BCUT2D eigenvalue weighted by Crippen LogP contribution is -2.64. The quantitative estimate of drug-likeness (QED) is 0.678. The number of imidazole rings is 1. The highest BCUT2D eigenvalue weighted by Crippen LogP contribution is 2.32. The molecule has 0 unspecified atom stereocenters. The Labute approximate surface area is 207 Å². The molecule has 35 heavy (non-hydrogen) atoms. The van der Waals surface area contributed by atoms with Crippen molar-refractivity contribution in [3.05, 3.63) is 40.4 Å². The van der Waals surface area contributed by atoms with Crippen LogP contribution in [0.3, 0.4) is 0 Å². The van der Waals surface area contributed by atoms with Crippen molar-refractivity contribution in [2.45, 2.75) is 52.2 Å². The van der Waals surface area contributed by atoms with E-state index in [9.17, 15) is 22.8 Å². The van der Waals surface area contributed by atoms with Crippen molar-refractivity contribution in [1.82, 2.24) is 24.7 Å². The lowest BCUT2D eigenvalue weighted by atomic mass is 9.85. The summed E-state index contributed by atoms with van der Waals surface area (Å²) in [5, 5.41) is 2.98.